The van der Waals surface area contributed by atoms with Gasteiger partial charge in [-0.05, 0) is 54.9 Å². The number of rotatable bonds is 8. The predicted octanol–water partition coefficient (Wildman–Crippen LogP) is 3.19. The number of carbonyl (C=O) groups excluding carboxylic acids is 3. The quantitative estimate of drug-likeness (QED) is 0.231. The van der Waals surface area contributed by atoms with Gasteiger partial charge >= 0.3 is 6.18 Å². The molecule has 6 atom stereocenters. The first-order chi connectivity index (χ1) is 20.7. The van der Waals surface area contributed by atoms with Gasteiger partial charge in [0, 0.05) is 21.1 Å². The van der Waals surface area contributed by atoms with Crippen LogP contribution in [0.15, 0.2) is 40.0 Å². The second-order valence-electron chi connectivity index (χ2n) is 10.1. The zero-order valence-corrected chi connectivity index (χ0v) is 25.4. The molecule has 1 aliphatic heterocycles. The van der Waals surface area contributed by atoms with Gasteiger partial charge in [-0.15, -0.1) is 5.10 Å². The summed E-state index contributed by atoms with van der Waals surface area (Å²) >= 11 is 3.14. The van der Waals surface area contributed by atoms with Gasteiger partial charge in [0.15, 0.2) is 51.7 Å². The first-order valence-electron chi connectivity index (χ1n) is 12.5. The number of hydrogen-bond donors (Lipinski definition) is 3. The third kappa shape index (κ3) is 6.03. The lowest BCUT2D eigenvalue weighted by atomic mass is 9.70. The number of thioether (sulfide) groups is 1. The Hall–Kier alpha value is -3.23. The van der Waals surface area contributed by atoms with Crippen LogP contribution in [0.3, 0.4) is 0 Å². The molecule has 1 saturated heterocycles. The Bertz CT molecular complexity index is 1670. The molecule has 0 saturated carbocycles. The molecule has 3 aromatic rings. The Balaban J connectivity index is 1.93. The average molecular weight is 727 g/mol. The van der Waals surface area contributed by atoms with Crippen molar-refractivity contribution in [1.82, 2.24) is 20.0 Å². The number of hydrogen-bond acceptors (Lipinski definition) is 11. The molecule has 0 aliphatic carbocycles. The standard InChI is InChI=1S/C26H21BrF6N4O7S/c1-9(38)19(41)21-24(42,10(2)39)22(37-8-17(35-36-37)12-4-15(28)18(30)16(29)5-12)25(43,11(3)40)23(44-21)45-13-6-14(27)20(34-7-13)26(31,32)33/h4-8,19,21-23,41-43H,1-3H3/t19?,21-,22+,23-,24+,25-/m1/s1. The highest BCUT2D eigenvalue weighted by molar-refractivity contribution is 9.10. The van der Waals surface area contributed by atoms with Crippen molar-refractivity contribution in [1.29, 1.82) is 0 Å². The smallest absolute Gasteiger partial charge is 0.382 e. The summed E-state index contributed by atoms with van der Waals surface area (Å²) in [5.74, 6) is -8.50. The Morgan fingerprint density at radius 3 is 2.11 bits per heavy atom. The Kier molecular flexibility index (Phi) is 9.37. The summed E-state index contributed by atoms with van der Waals surface area (Å²) in [5, 5.41) is 42.1. The highest BCUT2D eigenvalue weighted by atomic mass is 79.9. The van der Waals surface area contributed by atoms with E-state index in [1.807, 2.05) is 0 Å². The van der Waals surface area contributed by atoms with Gasteiger partial charge < -0.3 is 20.1 Å². The molecule has 1 unspecified atom stereocenters. The molecular weight excluding hydrogens is 706 g/mol. The van der Waals surface area contributed by atoms with Crippen molar-refractivity contribution < 1.29 is 60.8 Å². The van der Waals surface area contributed by atoms with Gasteiger partial charge in [-0.25, -0.2) is 22.8 Å². The Labute approximate surface area is 261 Å². The van der Waals surface area contributed by atoms with E-state index in [2.05, 4.69) is 31.2 Å². The summed E-state index contributed by atoms with van der Waals surface area (Å²) in [4.78, 5) is 41.8. The summed E-state index contributed by atoms with van der Waals surface area (Å²) in [6, 6.07) is -0.289. The molecule has 3 heterocycles. The first kappa shape index (κ1) is 34.6. The summed E-state index contributed by atoms with van der Waals surface area (Å²) in [6.07, 6.45) is -7.80. The first-order valence-corrected chi connectivity index (χ1v) is 14.2. The van der Waals surface area contributed by atoms with Crippen LogP contribution in [0, 0.1) is 17.5 Å². The summed E-state index contributed by atoms with van der Waals surface area (Å²) in [5.41, 5.74) is -10.3. The molecule has 19 heteroatoms. The van der Waals surface area contributed by atoms with Gasteiger partial charge in [-0.2, -0.15) is 13.2 Å². The number of aliphatic hydroxyl groups excluding tert-OH is 1. The van der Waals surface area contributed by atoms with Gasteiger partial charge in [-0.1, -0.05) is 17.0 Å². The molecule has 0 spiro atoms. The molecule has 0 bridgehead atoms. The number of halogens is 7. The number of aliphatic hydroxyl groups is 3. The van der Waals surface area contributed by atoms with Crippen molar-refractivity contribution in [2.75, 3.05) is 0 Å². The molecule has 0 amide bonds. The minimum absolute atomic E-state index is 0.154. The maximum Gasteiger partial charge on any atom is 0.434 e. The largest absolute Gasteiger partial charge is 0.434 e. The van der Waals surface area contributed by atoms with Crippen molar-refractivity contribution in [3.05, 3.63) is 58.2 Å². The summed E-state index contributed by atoms with van der Waals surface area (Å²) in [6.45, 7) is 2.47. The van der Waals surface area contributed by atoms with E-state index in [1.165, 1.54) is 0 Å². The number of alkyl halides is 3. The molecule has 1 aromatic carbocycles. The lowest BCUT2D eigenvalue weighted by Crippen LogP contribution is -2.75. The van der Waals surface area contributed by atoms with Gasteiger partial charge in [-0.3, -0.25) is 14.4 Å². The molecule has 242 valence electrons. The van der Waals surface area contributed by atoms with Gasteiger partial charge in [0.1, 0.15) is 29.4 Å². The van der Waals surface area contributed by atoms with Crippen molar-refractivity contribution in [2.24, 2.45) is 0 Å². The molecule has 4 rings (SSSR count). The van der Waals surface area contributed by atoms with Crippen molar-refractivity contribution in [3.63, 3.8) is 0 Å². The number of pyridine rings is 1. The fourth-order valence-corrected chi connectivity index (χ4v) is 6.74. The van der Waals surface area contributed by atoms with Crippen LogP contribution in [0.1, 0.15) is 32.5 Å². The van der Waals surface area contributed by atoms with Crippen molar-refractivity contribution >= 4 is 45.0 Å². The number of carbonyl (C=O) groups is 3. The van der Waals surface area contributed by atoms with E-state index in [1.54, 1.807) is 0 Å². The van der Waals surface area contributed by atoms with Crippen LogP contribution in [0.25, 0.3) is 11.3 Å². The second kappa shape index (κ2) is 12.2. The molecule has 1 fully saturated rings. The highest BCUT2D eigenvalue weighted by Crippen LogP contribution is 2.51. The van der Waals surface area contributed by atoms with Gasteiger partial charge in [0.25, 0.3) is 0 Å². The molecule has 0 radical (unpaired) electrons. The predicted molar refractivity (Wildman–Crippen MR) is 144 cm³/mol. The molecule has 11 nitrogen and oxygen atoms in total. The van der Waals surface area contributed by atoms with Gasteiger partial charge in [0.2, 0.25) is 0 Å². The van der Waals surface area contributed by atoms with E-state index in [9.17, 15) is 56.0 Å². The molecule has 1 aliphatic rings. The van der Waals surface area contributed by atoms with Crippen molar-refractivity contribution in [3.8, 4) is 11.3 Å². The monoisotopic (exact) mass is 726 g/mol. The van der Waals surface area contributed by atoms with Gasteiger partial charge in [0.05, 0.1) is 6.20 Å². The van der Waals surface area contributed by atoms with Crippen molar-refractivity contribution in [2.45, 2.75) is 66.7 Å². The van der Waals surface area contributed by atoms with Crippen LogP contribution in [-0.2, 0) is 25.3 Å². The lowest BCUT2D eigenvalue weighted by molar-refractivity contribution is -0.261. The number of ketones is 3. The van der Waals surface area contributed by atoms with Crippen LogP contribution in [-0.4, -0.2) is 81.5 Å². The zero-order chi connectivity index (χ0) is 33.8. The zero-order valence-electron chi connectivity index (χ0n) is 23.0. The fraction of sp³-hybridized carbons (Fsp3) is 0.385. The summed E-state index contributed by atoms with van der Waals surface area (Å²) < 4.78 is 87.0. The van der Waals surface area contributed by atoms with E-state index >= 15 is 0 Å². The second-order valence-corrected chi connectivity index (χ2v) is 12.1. The minimum Gasteiger partial charge on any atom is -0.382 e. The normalized spacial score (nSPS) is 26.0. The minimum atomic E-state index is -4.86. The Morgan fingerprint density at radius 1 is 1.04 bits per heavy atom. The fourth-order valence-electron chi connectivity index (χ4n) is 4.82. The molecule has 45 heavy (non-hydrogen) atoms. The number of benzene rings is 1. The molecule has 2 aromatic heterocycles. The van der Waals surface area contributed by atoms with E-state index in [0.29, 0.717) is 28.6 Å². The molecule has 3 N–H and O–H groups in total. The third-order valence-electron chi connectivity index (χ3n) is 7.11. The average Bonchev–Trinajstić information content (AvgIpc) is 3.41. The van der Waals surface area contributed by atoms with Crippen LogP contribution in [0.4, 0.5) is 26.3 Å². The highest BCUT2D eigenvalue weighted by Gasteiger charge is 2.70. The topological polar surface area (TPSA) is 165 Å². The summed E-state index contributed by atoms with van der Waals surface area (Å²) in [7, 11) is 0. The molecular formula is C26H21BrF6N4O7S. The number of Topliss-reactive ketones (excluding diaryl/α,β-unsaturated/α-hetero) is 3. The van der Waals surface area contributed by atoms with E-state index in [-0.39, 0.29) is 4.90 Å². The van der Waals surface area contributed by atoms with E-state index in [0.717, 1.165) is 39.2 Å². The van der Waals surface area contributed by atoms with Crippen LogP contribution < -0.4 is 0 Å². The SMILES string of the molecule is CC(=O)C(O)[C@H]1O[C@H](Sc2cnc(C(F)(F)F)c(Br)c2)[C@@](O)(C(C)=O)[C@@H](n2cc(-c3cc(F)c(F)c(F)c3)nn2)[C@]1(O)C(C)=O. The van der Waals surface area contributed by atoms with E-state index < -0.39 is 97.3 Å². The van der Waals surface area contributed by atoms with E-state index in [4.69, 9.17) is 4.74 Å². The third-order valence-corrected chi connectivity index (χ3v) is 8.89. The maximum absolute atomic E-state index is 13.9. The number of ether oxygens (including phenoxy) is 1. The van der Waals surface area contributed by atoms with Crippen LogP contribution >= 0.6 is 27.7 Å². The Morgan fingerprint density at radius 2 is 1.62 bits per heavy atom. The number of aromatic nitrogens is 4. The van der Waals surface area contributed by atoms with Crippen LogP contribution in [0.5, 0.6) is 0 Å². The lowest BCUT2D eigenvalue weighted by Gasteiger charge is -2.54. The maximum atomic E-state index is 13.9. The number of nitrogens with zero attached hydrogens (tertiary/aromatic N) is 4. The van der Waals surface area contributed by atoms with Crippen LogP contribution in [0.2, 0.25) is 0 Å².